The molecule has 0 unspecified atom stereocenters. The van der Waals surface area contributed by atoms with Crippen LogP contribution in [0.3, 0.4) is 0 Å². The standard InChI is InChI=1S/C10H2F15N3O2/c11-4(12,2(27-28-26)1-3(29)30)5(13,14)6(15,16)7(17,18)8(19,20)9(21,22)10(23,24)25/h1H,(H,29,30)/b2-1-. The number of carboxylic acid groups (broad SMARTS) is 1. The number of aliphatic carboxylic acids is 1. The van der Waals surface area contributed by atoms with E-state index < -0.39 is 59.5 Å². The first-order chi connectivity index (χ1) is 12.9. The molecule has 0 aromatic rings. The van der Waals surface area contributed by atoms with E-state index in [0.29, 0.717) is 0 Å². The molecule has 0 aliphatic heterocycles. The molecule has 0 saturated carbocycles. The second-order valence-corrected chi connectivity index (χ2v) is 5.00. The van der Waals surface area contributed by atoms with Gasteiger partial charge in [0.1, 0.15) is 0 Å². The van der Waals surface area contributed by atoms with Gasteiger partial charge in [-0.1, -0.05) is 5.11 Å². The number of carboxylic acids is 1. The molecule has 0 spiro atoms. The van der Waals surface area contributed by atoms with E-state index in [0.717, 1.165) is 0 Å². The summed E-state index contributed by atoms with van der Waals surface area (Å²) in [4.78, 5) is 11.5. The lowest BCUT2D eigenvalue weighted by Gasteiger charge is -2.41. The minimum absolute atomic E-state index is 1.26. The van der Waals surface area contributed by atoms with Crippen molar-refractivity contribution in [3.8, 4) is 0 Å². The predicted molar refractivity (Wildman–Crippen MR) is 60.6 cm³/mol. The van der Waals surface area contributed by atoms with Crippen molar-refractivity contribution in [3.05, 3.63) is 22.2 Å². The van der Waals surface area contributed by atoms with Crippen LogP contribution in [0.4, 0.5) is 65.9 Å². The van der Waals surface area contributed by atoms with Crippen LogP contribution in [0.2, 0.25) is 0 Å². The topological polar surface area (TPSA) is 86.1 Å². The molecule has 0 atom stereocenters. The first-order valence-corrected chi connectivity index (χ1v) is 6.21. The molecular formula is C10H2F15N3O2. The van der Waals surface area contributed by atoms with Crippen LogP contribution in [-0.4, -0.2) is 52.8 Å². The maximum absolute atomic E-state index is 13.5. The van der Waals surface area contributed by atoms with Gasteiger partial charge in [-0.3, -0.25) is 0 Å². The Morgan fingerprint density at radius 1 is 0.700 bits per heavy atom. The molecule has 0 heterocycles. The molecule has 0 fully saturated rings. The quantitative estimate of drug-likeness (QED) is 0.160. The molecule has 0 aromatic heterocycles. The highest BCUT2D eigenvalue weighted by Crippen LogP contribution is 2.63. The number of azide groups is 1. The first kappa shape index (κ1) is 27.5. The summed E-state index contributed by atoms with van der Waals surface area (Å²) >= 11 is 0. The van der Waals surface area contributed by atoms with Gasteiger partial charge in [0.25, 0.3) is 0 Å². The molecule has 0 aliphatic rings. The number of hydrogen-bond acceptors (Lipinski definition) is 2. The molecular weight excluding hydrogens is 479 g/mol. The second-order valence-electron chi connectivity index (χ2n) is 5.00. The number of rotatable bonds is 8. The summed E-state index contributed by atoms with van der Waals surface area (Å²) in [6.07, 6.45) is -9.02. The molecule has 0 aliphatic carbocycles. The zero-order chi connectivity index (χ0) is 24.8. The van der Waals surface area contributed by atoms with Crippen molar-refractivity contribution in [1.29, 1.82) is 0 Å². The van der Waals surface area contributed by atoms with Crippen molar-refractivity contribution in [2.45, 2.75) is 41.7 Å². The van der Waals surface area contributed by atoms with Gasteiger partial charge in [0.2, 0.25) is 0 Å². The Labute approximate surface area is 152 Å². The van der Waals surface area contributed by atoms with Crippen LogP contribution in [0.5, 0.6) is 0 Å². The largest absolute Gasteiger partial charge is 0.478 e. The van der Waals surface area contributed by atoms with Crippen molar-refractivity contribution in [2.24, 2.45) is 5.11 Å². The number of alkyl halides is 15. The van der Waals surface area contributed by atoms with Crippen LogP contribution in [0.1, 0.15) is 0 Å². The summed E-state index contributed by atoms with van der Waals surface area (Å²) in [6.45, 7) is 0. The van der Waals surface area contributed by atoms with Crippen molar-refractivity contribution in [3.63, 3.8) is 0 Å². The molecule has 0 aromatic carbocycles. The molecule has 0 radical (unpaired) electrons. The van der Waals surface area contributed by atoms with E-state index in [1.807, 2.05) is 0 Å². The fourth-order valence-corrected chi connectivity index (χ4v) is 1.47. The van der Waals surface area contributed by atoms with Gasteiger partial charge >= 0.3 is 47.7 Å². The predicted octanol–water partition coefficient (Wildman–Crippen LogP) is 5.64. The normalized spacial score (nSPS) is 15.6. The highest BCUT2D eigenvalue weighted by molar-refractivity contribution is 5.81. The van der Waals surface area contributed by atoms with Gasteiger partial charge in [-0.25, -0.2) is 4.79 Å². The molecule has 0 amide bonds. The maximum atomic E-state index is 13.5. The average Bonchev–Trinajstić information content (AvgIpc) is 2.51. The van der Waals surface area contributed by atoms with E-state index in [1.54, 1.807) is 0 Å². The van der Waals surface area contributed by atoms with Crippen molar-refractivity contribution < 1.29 is 75.8 Å². The van der Waals surface area contributed by atoms with Gasteiger partial charge in [-0.2, -0.15) is 65.9 Å². The third kappa shape index (κ3) is 3.67. The number of carbonyl (C=O) groups is 1. The van der Waals surface area contributed by atoms with E-state index in [1.165, 1.54) is 10.0 Å². The molecule has 1 N–H and O–H groups in total. The van der Waals surface area contributed by atoms with Gasteiger partial charge in [-0.15, -0.1) is 0 Å². The second kappa shape index (κ2) is 7.31. The molecule has 5 nitrogen and oxygen atoms in total. The SMILES string of the molecule is [N-]=[N+]=N/C(=C\C(=O)O)C(F)(F)C(F)(F)C(F)(F)C(F)(F)C(F)(F)C(F)(F)C(F)(F)F. The summed E-state index contributed by atoms with van der Waals surface area (Å²) in [7, 11) is 0. The average molecular weight is 481 g/mol. The van der Waals surface area contributed by atoms with Crippen LogP contribution in [0.15, 0.2) is 16.9 Å². The van der Waals surface area contributed by atoms with E-state index in [2.05, 4.69) is 0 Å². The third-order valence-electron chi connectivity index (χ3n) is 3.06. The minimum Gasteiger partial charge on any atom is -0.478 e. The Hall–Kier alpha value is -2.53. The zero-order valence-corrected chi connectivity index (χ0v) is 12.9. The van der Waals surface area contributed by atoms with Crippen LogP contribution in [-0.2, 0) is 4.79 Å². The lowest BCUT2D eigenvalue weighted by Crippen LogP contribution is -2.72. The number of allylic oxidation sites excluding steroid dienone is 1. The Bertz CT molecular complexity index is 763. The molecule has 0 bridgehead atoms. The maximum Gasteiger partial charge on any atom is 0.460 e. The molecule has 0 rings (SSSR count). The Morgan fingerprint density at radius 2 is 1.03 bits per heavy atom. The van der Waals surface area contributed by atoms with Gasteiger partial charge < -0.3 is 5.11 Å². The molecule has 0 saturated heterocycles. The van der Waals surface area contributed by atoms with E-state index in [-0.39, 0.29) is 0 Å². The summed E-state index contributed by atoms with van der Waals surface area (Å²) in [5.41, 5.74) is 4.53. The van der Waals surface area contributed by atoms with Gasteiger partial charge in [0.05, 0.1) is 5.70 Å². The molecule has 30 heavy (non-hydrogen) atoms. The fraction of sp³-hybridized carbons (Fsp3) is 0.700. The van der Waals surface area contributed by atoms with E-state index >= 15 is 0 Å². The first-order valence-electron chi connectivity index (χ1n) is 6.21. The summed E-state index contributed by atoms with van der Waals surface area (Å²) in [5, 5.41) is 9.59. The van der Waals surface area contributed by atoms with Gasteiger partial charge in [-0.05, 0) is 5.53 Å². The highest BCUT2D eigenvalue weighted by atomic mass is 19.4. The zero-order valence-electron chi connectivity index (χ0n) is 12.9. The number of halogens is 15. The van der Waals surface area contributed by atoms with Gasteiger partial charge in [0, 0.05) is 11.0 Å². The lowest BCUT2D eigenvalue weighted by molar-refractivity contribution is -0.450. The molecule has 174 valence electrons. The lowest BCUT2D eigenvalue weighted by atomic mass is 9.90. The van der Waals surface area contributed by atoms with Crippen LogP contribution < -0.4 is 0 Å². The Balaban J connectivity index is 6.90. The highest BCUT2D eigenvalue weighted by Gasteiger charge is 2.93. The summed E-state index contributed by atoms with van der Waals surface area (Å²) < 4.78 is 194. The number of hydrogen-bond donors (Lipinski definition) is 1. The van der Waals surface area contributed by atoms with Gasteiger partial charge in [0.15, 0.2) is 0 Å². The van der Waals surface area contributed by atoms with Crippen molar-refractivity contribution >= 4 is 5.97 Å². The minimum atomic E-state index is -8.53. The van der Waals surface area contributed by atoms with Crippen molar-refractivity contribution in [1.82, 2.24) is 0 Å². The monoisotopic (exact) mass is 481 g/mol. The Morgan fingerprint density at radius 3 is 1.33 bits per heavy atom. The van der Waals surface area contributed by atoms with E-state index in [4.69, 9.17) is 10.6 Å². The van der Waals surface area contributed by atoms with Crippen molar-refractivity contribution in [2.75, 3.05) is 0 Å². The molecule has 20 heteroatoms. The van der Waals surface area contributed by atoms with Crippen LogP contribution in [0.25, 0.3) is 10.4 Å². The smallest absolute Gasteiger partial charge is 0.460 e. The third-order valence-corrected chi connectivity index (χ3v) is 3.06. The van der Waals surface area contributed by atoms with Crippen LogP contribution in [0, 0.1) is 0 Å². The summed E-state index contributed by atoms with van der Waals surface area (Å²) in [6, 6.07) is 0. The van der Waals surface area contributed by atoms with E-state index in [9.17, 15) is 70.7 Å². The van der Waals surface area contributed by atoms with Crippen LogP contribution >= 0.6 is 0 Å². The number of nitrogens with zero attached hydrogens (tertiary/aromatic N) is 3. The fourth-order valence-electron chi connectivity index (χ4n) is 1.47. The summed E-state index contributed by atoms with van der Waals surface area (Å²) in [5.74, 6) is -51.4. The Kier molecular flexibility index (Phi) is 6.69.